The maximum absolute atomic E-state index is 13.0. The van der Waals surface area contributed by atoms with E-state index in [1.54, 1.807) is 46.1 Å². The SMILES string of the molecule is CCN(CC)S(=O)(=O)c1cc(NC(=O)c2oc3ccccc3c2COC)ccc1C. The van der Waals surface area contributed by atoms with Crippen molar-refractivity contribution in [1.29, 1.82) is 0 Å². The first-order chi connectivity index (χ1) is 14.3. The van der Waals surface area contributed by atoms with Crippen molar-refractivity contribution in [2.24, 2.45) is 0 Å². The molecule has 1 N–H and O–H groups in total. The van der Waals surface area contributed by atoms with Crippen molar-refractivity contribution in [2.45, 2.75) is 32.3 Å². The van der Waals surface area contributed by atoms with Gasteiger partial charge in [0.15, 0.2) is 5.76 Å². The Labute approximate surface area is 176 Å². The van der Waals surface area contributed by atoms with Gasteiger partial charge in [0.1, 0.15) is 5.58 Å². The van der Waals surface area contributed by atoms with Gasteiger partial charge in [-0.1, -0.05) is 38.1 Å². The number of anilines is 1. The number of benzene rings is 2. The van der Waals surface area contributed by atoms with Crippen LogP contribution in [0.1, 0.15) is 35.5 Å². The predicted octanol–water partition coefficient (Wildman–Crippen LogP) is 4.17. The van der Waals surface area contributed by atoms with Crippen molar-refractivity contribution in [1.82, 2.24) is 4.31 Å². The van der Waals surface area contributed by atoms with Crippen LogP contribution >= 0.6 is 0 Å². The Hall–Kier alpha value is -2.68. The normalized spacial score (nSPS) is 11.9. The van der Waals surface area contributed by atoms with Crippen LogP contribution < -0.4 is 5.32 Å². The van der Waals surface area contributed by atoms with E-state index in [1.165, 1.54) is 10.4 Å². The van der Waals surface area contributed by atoms with Gasteiger partial charge in [-0.05, 0) is 30.7 Å². The molecule has 0 saturated heterocycles. The average molecular weight is 431 g/mol. The third-order valence-electron chi connectivity index (χ3n) is 4.96. The Bertz CT molecular complexity index is 1160. The maximum Gasteiger partial charge on any atom is 0.291 e. The van der Waals surface area contributed by atoms with Gasteiger partial charge in [0, 0.05) is 36.8 Å². The molecular weight excluding hydrogens is 404 g/mol. The summed E-state index contributed by atoms with van der Waals surface area (Å²) in [4.78, 5) is 13.1. The van der Waals surface area contributed by atoms with Crippen LogP contribution in [0.3, 0.4) is 0 Å². The van der Waals surface area contributed by atoms with E-state index in [0.717, 1.165) is 5.39 Å². The molecule has 0 atom stereocenters. The van der Waals surface area contributed by atoms with Gasteiger partial charge in [-0.25, -0.2) is 8.42 Å². The Balaban J connectivity index is 1.97. The molecule has 0 bridgehead atoms. The summed E-state index contributed by atoms with van der Waals surface area (Å²) >= 11 is 0. The van der Waals surface area contributed by atoms with Crippen molar-refractivity contribution in [2.75, 3.05) is 25.5 Å². The van der Waals surface area contributed by atoms with Gasteiger partial charge in [0.2, 0.25) is 10.0 Å². The zero-order valence-electron chi connectivity index (χ0n) is 17.6. The molecule has 3 rings (SSSR count). The molecular formula is C22H26N2O5S. The third-order valence-corrected chi connectivity index (χ3v) is 7.15. The van der Waals surface area contributed by atoms with Gasteiger partial charge < -0.3 is 14.5 Å². The van der Waals surface area contributed by atoms with Crippen LogP contribution in [0.25, 0.3) is 11.0 Å². The second-order valence-electron chi connectivity index (χ2n) is 6.86. The standard InChI is InChI=1S/C22H26N2O5S/c1-5-24(6-2)30(26,27)20-13-16(12-11-15(20)3)23-22(25)21-18(14-28-4)17-9-7-8-10-19(17)29-21/h7-13H,5-6,14H2,1-4H3,(H,23,25). The molecule has 0 fully saturated rings. The number of methoxy groups -OCH3 is 1. The minimum absolute atomic E-state index is 0.145. The number of nitrogens with one attached hydrogen (secondary N) is 1. The number of furan rings is 1. The lowest BCUT2D eigenvalue weighted by molar-refractivity contribution is 0.0992. The van der Waals surface area contributed by atoms with Crippen molar-refractivity contribution in [3.05, 3.63) is 59.4 Å². The summed E-state index contributed by atoms with van der Waals surface area (Å²) in [6.07, 6.45) is 0. The number of aryl methyl sites for hydroxylation is 1. The fourth-order valence-electron chi connectivity index (χ4n) is 3.42. The zero-order chi connectivity index (χ0) is 21.9. The molecule has 0 radical (unpaired) electrons. The molecule has 0 spiro atoms. The lowest BCUT2D eigenvalue weighted by Gasteiger charge is -2.20. The molecule has 7 nitrogen and oxygen atoms in total. The van der Waals surface area contributed by atoms with Crippen LogP contribution in [-0.2, 0) is 21.4 Å². The molecule has 1 heterocycles. The number of carbonyl (C=O) groups is 1. The molecule has 160 valence electrons. The minimum Gasteiger partial charge on any atom is -0.451 e. The lowest BCUT2D eigenvalue weighted by atomic mass is 10.1. The molecule has 30 heavy (non-hydrogen) atoms. The van der Waals surface area contributed by atoms with Crippen LogP contribution in [-0.4, -0.2) is 38.8 Å². The number of nitrogens with zero attached hydrogens (tertiary/aromatic N) is 1. The molecule has 0 aliphatic rings. The van der Waals surface area contributed by atoms with Gasteiger partial charge in [-0.15, -0.1) is 0 Å². The fourth-order valence-corrected chi connectivity index (χ4v) is 5.12. The number of fused-ring (bicyclic) bond motifs is 1. The van der Waals surface area contributed by atoms with E-state index in [0.29, 0.717) is 35.5 Å². The van der Waals surface area contributed by atoms with E-state index in [9.17, 15) is 13.2 Å². The van der Waals surface area contributed by atoms with E-state index < -0.39 is 15.9 Å². The second kappa shape index (κ2) is 8.99. The Morgan fingerprint density at radius 2 is 1.83 bits per heavy atom. The molecule has 0 aliphatic heterocycles. The highest BCUT2D eigenvalue weighted by atomic mass is 32.2. The summed E-state index contributed by atoms with van der Waals surface area (Å²) in [7, 11) is -2.10. The molecule has 1 aromatic heterocycles. The van der Waals surface area contributed by atoms with Crippen LogP contribution in [0.5, 0.6) is 0 Å². The molecule has 0 unspecified atom stereocenters. The summed E-state index contributed by atoms with van der Waals surface area (Å²) in [5, 5.41) is 3.57. The Morgan fingerprint density at radius 1 is 1.13 bits per heavy atom. The molecule has 0 aliphatic carbocycles. The highest BCUT2D eigenvalue weighted by Gasteiger charge is 2.25. The Kier molecular flexibility index (Phi) is 6.60. The van der Waals surface area contributed by atoms with Gasteiger partial charge in [0.05, 0.1) is 11.5 Å². The lowest BCUT2D eigenvalue weighted by Crippen LogP contribution is -2.31. The van der Waals surface area contributed by atoms with Crippen molar-refractivity contribution >= 4 is 32.6 Å². The third kappa shape index (κ3) is 4.12. The minimum atomic E-state index is -3.65. The van der Waals surface area contributed by atoms with E-state index in [1.807, 2.05) is 18.2 Å². The summed E-state index contributed by atoms with van der Waals surface area (Å²) in [6, 6.07) is 12.2. The first kappa shape index (κ1) is 22.0. The summed E-state index contributed by atoms with van der Waals surface area (Å²) in [5.74, 6) is -0.319. The number of para-hydroxylation sites is 1. The predicted molar refractivity (Wildman–Crippen MR) is 116 cm³/mol. The van der Waals surface area contributed by atoms with E-state index >= 15 is 0 Å². The number of ether oxygens (including phenoxy) is 1. The molecule has 8 heteroatoms. The number of amides is 1. The van der Waals surface area contributed by atoms with E-state index in [4.69, 9.17) is 9.15 Å². The van der Waals surface area contributed by atoms with Crippen LogP contribution in [0.2, 0.25) is 0 Å². The van der Waals surface area contributed by atoms with Gasteiger partial charge in [-0.2, -0.15) is 4.31 Å². The largest absolute Gasteiger partial charge is 0.451 e. The highest BCUT2D eigenvalue weighted by Crippen LogP contribution is 2.28. The van der Waals surface area contributed by atoms with E-state index in [2.05, 4.69) is 5.32 Å². The van der Waals surface area contributed by atoms with Crippen LogP contribution in [0.4, 0.5) is 5.69 Å². The summed E-state index contributed by atoms with van der Waals surface area (Å²) in [6.45, 7) is 6.28. The zero-order valence-corrected chi connectivity index (χ0v) is 18.4. The van der Waals surface area contributed by atoms with Crippen LogP contribution in [0.15, 0.2) is 51.8 Å². The highest BCUT2D eigenvalue weighted by molar-refractivity contribution is 7.89. The smallest absolute Gasteiger partial charge is 0.291 e. The number of sulfonamides is 1. The van der Waals surface area contributed by atoms with Gasteiger partial charge in [-0.3, -0.25) is 4.79 Å². The van der Waals surface area contributed by atoms with Gasteiger partial charge >= 0.3 is 0 Å². The number of rotatable bonds is 8. The Morgan fingerprint density at radius 3 is 2.50 bits per heavy atom. The number of hydrogen-bond donors (Lipinski definition) is 1. The van der Waals surface area contributed by atoms with E-state index in [-0.39, 0.29) is 17.3 Å². The molecule has 1 amide bonds. The number of hydrogen-bond acceptors (Lipinski definition) is 5. The van der Waals surface area contributed by atoms with Crippen LogP contribution in [0, 0.1) is 6.92 Å². The maximum atomic E-state index is 13.0. The monoisotopic (exact) mass is 430 g/mol. The topological polar surface area (TPSA) is 88.9 Å². The van der Waals surface area contributed by atoms with Crippen molar-refractivity contribution < 1.29 is 22.4 Å². The molecule has 2 aromatic carbocycles. The molecule has 3 aromatic rings. The first-order valence-corrected chi connectivity index (χ1v) is 11.2. The summed E-state index contributed by atoms with van der Waals surface area (Å²) in [5.41, 5.74) is 2.22. The first-order valence-electron chi connectivity index (χ1n) is 9.74. The fraction of sp³-hybridized carbons (Fsp3) is 0.318. The quantitative estimate of drug-likeness (QED) is 0.579. The van der Waals surface area contributed by atoms with Gasteiger partial charge in [0.25, 0.3) is 5.91 Å². The average Bonchev–Trinajstić information content (AvgIpc) is 3.09. The van der Waals surface area contributed by atoms with Crippen molar-refractivity contribution in [3.8, 4) is 0 Å². The number of carbonyl (C=O) groups excluding carboxylic acids is 1. The summed E-state index contributed by atoms with van der Waals surface area (Å²) < 4.78 is 38.3. The van der Waals surface area contributed by atoms with Crippen molar-refractivity contribution in [3.63, 3.8) is 0 Å². The molecule has 0 saturated carbocycles. The second-order valence-corrected chi connectivity index (χ2v) is 8.77.